The van der Waals surface area contributed by atoms with Crippen molar-refractivity contribution in [2.45, 2.75) is 6.04 Å². The van der Waals surface area contributed by atoms with Gasteiger partial charge in [0, 0.05) is 11.6 Å². The number of amides is 1. The van der Waals surface area contributed by atoms with Crippen LogP contribution >= 0.6 is 11.6 Å². The lowest BCUT2D eigenvalue weighted by Gasteiger charge is -2.35. The van der Waals surface area contributed by atoms with E-state index in [1.807, 2.05) is 12.1 Å². The van der Waals surface area contributed by atoms with Crippen LogP contribution in [0.3, 0.4) is 0 Å². The Balaban J connectivity index is 1.99. The monoisotopic (exact) mass is 332 g/mol. The molecule has 2 N–H and O–H groups in total. The summed E-state index contributed by atoms with van der Waals surface area (Å²) in [5.41, 5.74) is 7.94. The SMILES string of the molecule is C=CC(=O)N1CCOC[C@H]1c1cc(Cl)cc(-n2cc(N)cn2)c1. The van der Waals surface area contributed by atoms with Crippen LogP contribution in [0.15, 0.2) is 43.2 Å². The molecule has 1 aromatic heterocycles. The maximum absolute atomic E-state index is 12.1. The van der Waals surface area contributed by atoms with Crippen LogP contribution in [0, 0.1) is 0 Å². The van der Waals surface area contributed by atoms with E-state index >= 15 is 0 Å². The smallest absolute Gasteiger partial charge is 0.246 e. The van der Waals surface area contributed by atoms with Gasteiger partial charge in [0.15, 0.2) is 0 Å². The summed E-state index contributed by atoms with van der Waals surface area (Å²) in [6, 6.07) is 5.35. The van der Waals surface area contributed by atoms with Crippen LogP contribution in [-0.4, -0.2) is 40.3 Å². The van der Waals surface area contributed by atoms with Crippen molar-refractivity contribution in [2.75, 3.05) is 25.5 Å². The number of benzene rings is 1. The molecule has 3 rings (SSSR count). The summed E-state index contributed by atoms with van der Waals surface area (Å²) in [7, 11) is 0. The number of morpholine rings is 1. The molecule has 1 fully saturated rings. The fourth-order valence-electron chi connectivity index (χ4n) is 2.66. The third-order valence-corrected chi connectivity index (χ3v) is 3.96. The molecule has 1 amide bonds. The van der Waals surface area contributed by atoms with Crippen LogP contribution in [0.1, 0.15) is 11.6 Å². The first-order valence-corrected chi connectivity index (χ1v) is 7.58. The molecule has 7 heteroatoms. The maximum Gasteiger partial charge on any atom is 0.246 e. The molecule has 1 aliphatic rings. The van der Waals surface area contributed by atoms with Gasteiger partial charge in [0.25, 0.3) is 0 Å². The summed E-state index contributed by atoms with van der Waals surface area (Å²) in [5.74, 6) is -0.122. The van der Waals surface area contributed by atoms with Crippen molar-refractivity contribution in [3.63, 3.8) is 0 Å². The molecule has 0 unspecified atom stereocenters. The van der Waals surface area contributed by atoms with Gasteiger partial charge in [-0.15, -0.1) is 0 Å². The standard InChI is InChI=1S/C16H17ClN4O2/c1-2-16(22)20-3-4-23-10-15(20)11-5-12(17)7-14(6-11)21-9-13(18)8-19-21/h2,5-9,15H,1,3-4,10,18H2/t15-/m0/s1. The fourth-order valence-corrected chi connectivity index (χ4v) is 2.90. The maximum atomic E-state index is 12.1. The Morgan fingerprint density at radius 3 is 3.00 bits per heavy atom. The first-order valence-electron chi connectivity index (χ1n) is 7.20. The highest BCUT2D eigenvalue weighted by Gasteiger charge is 2.27. The lowest BCUT2D eigenvalue weighted by Crippen LogP contribution is -2.42. The summed E-state index contributed by atoms with van der Waals surface area (Å²) in [5, 5.41) is 4.75. The van der Waals surface area contributed by atoms with Crippen molar-refractivity contribution in [2.24, 2.45) is 0 Å². The van der Waals surface area contributed by atoms with Gasteiger partial charge in [0.05, 0.1) is 43.0 Å². The number of halogens is 1. The van der Waals surface area contributed by atoms with Crippen LogP contribution in [0.2, 0.25) is 5.02 Å². The summed E-state index contributed by atoms with van der Waals surface area (Å²) in [6.45, 7) is 5.01. The molecule has 6 nitrogen and oxygen atoms in total. The molecular weight excluding hydrogens is 316 g/mol. The molecule has 1 aliphatic heterocycles. The van der Waals surface area contributed by atoms with Crippen molar-refractivity contribution in [3.05, 3.63) is 53.8 Å². The Hall–Kier alpha value is -2.31. The molecule has 23 heavy (non-hydrogen) atoms. The predicted octanol–water partition coefficient (Wildman–Crippen LogP) is 2.19. The van der Waals surface area contributed by atoms with Crippen molar-refractivity contribution in [1.29, 1.82) is 0 Å². The Kier molecular flexibility index (Phi) is 4.36. The average molecular weight is 333 g/mol. The number of ether oxygens (including phenoxy) is 1. The minimum atomic E-state index is -0.209. The third-order valence-electron chi connectivity index (χ3n) is 3.74. The topological polar surface area (TPSA) is 73.4 Å². The van der Waals surface area contributed by atoms with E-state index in [1.165, 1.54) is 6.08 Å². The molecule has 0 saturated carbocycles. The van der Waals surface area contributed by atoms with Gasteiger partial charge < -0.3 is 15.4 Å². The zero-order valence-corrected chi connectivity index (χ0v) is 13.2. The number of nitrogens with zero attached hydrogens (tertiary/aromatic N) is 3. The number of carbonyl (C=O) groups is 1. The summed E-state index contributed by atoms with van der Waals surface area (Å²) < 4.78 is 7.18. The van der Waals surface area contributed by atoms with E-state index in [1.54, 1.807) is 28.0 Å². The number of anilines is 1. The third kappa shape index (κ3) is 3.23. The van der Waals surface area contributed by atoms with Gasteiger partial charge in [0.2, 0.25) is 5.91 Å². The number of rotatable bonds is 3. The van der Waals surface area contributed by atoms with Crippen molar-refractivity contribution < 1.29 is 9.53 Å². The van der Waals surface area contributed by atoms with Gasteiger partial charge in [-0.25, -0.2) is 4.68 Å². The van der Waals surface area contributed by atoms with Gasteiger partial charge in [-0.3, -0.25) is 4.79 Å². The molecule has 120 valence electrons. The average Bonchev–Trinajstić information content (AvgIpc) is 3.00. The number of nitrogens with two attached hydrogens (primary N) is 1. The van der Waals surface area contributed by atoms with Crippen molar-refractivity contribution in [3.8, 4) is 5.69 Å². The highest BCUT2D eigenvalue weighted by Crippen LogP contribution is 2.29. The zero-order valence-electron chi connectivity index (χ0n) is 12.5. The normalized spacial score (nSPS) is 18.0. The second-order valence-electron chi connectivity index (χ2n) is 5.29. The largest absolute Gasteiger partial charge is 0.396 e. The zero-order chi connectivity index (χ0) is 16.4. The molecule has 1 atom stereocenters. The van der Waals surface area contributed by atoms with Crippen LogP contribution in [0.25, 0.3) is 5.69 Å². The molecule has 0 radical (unpaired) electrons. The first-order chi connectivity index (χ1) is 11.1. The van der Waals surface area contributed by atoms with E-state index in [2.05, 4.69) is 11.7 Å². The van der Waals surface area contributed by atoms with Crippen LogP contribution in [0.5, 0.6) is 0 Å². The van der Waals surface area contributed by atoms with E-state index in [0.29, 0.717) is 30.5 Å². The molecule has 1 aromatic carbocycles. The highest BCUT2D eigenvalue weighted by atomic mass is 35.5. The van der Waals surface area contributed by atoms with Gasteiger partial charge in [0.1, 0.15) is 0 Å². The Labute approximate surface area is 139 Å². The summed E-state index contributed by atoms with van der Waals surface area (Å²) >= 11 is 6.25. The molecule has 0 bridgehead atoms. The van der Waals surface area contributed by atoms with E-state index in [9.17, 15) is 4.79 Å². The van der Waals surface area contributed by atoms with E-state index < -0.39 is 0 Å². The van der Waals surface area contributed by atoms with Crippen molar-refractivity contribution in [1.82, 2.24) is 14.7 Å². The Morgan fingerprint density at radius 1 is 1.48 bits per heavy atom. The number of aromatic nitrogens is 2. The summed E-state index contributed by atoms with van der Waals surface area (Å²) in [4.78, 5) is 13.8. The lowest BCUT2D eigenvalue weighted by molar-refractivity contribution is -0.134. The minimum Gasteiger partial charge on any atom is -0.396 e. The second-order valence-corrected chi connectivity index (χ2v) is 5.72. The van der Waals surface area contributed by atoms with Gasteiger partial charge in [-0.1, -0.05) is 18.2 Å². The van der Waals surface area contributed by atoms with Crippen molar-refractivity contribution >= 4 is 23.2 Å². The van der Waals surface area contributed by atoms with E-state index in [4.69, 9.17) is 22.1 Å². The number of hydrogen-bond donors (Lipinski definition) is 1. The molecule has 2 heterocycles. The Morgan fingerprint density at radius 2 is 2.30 bits per heavy atom. The van der Waals surface area contributed by atoms with Crippen LogP contribution < -0.4 is 5.73 Å². The minimum absolute atomic E-state index is 0.122. The number of carbonyl (C=O) groups excluding carboxylic acids is 1. The van der Waals surface area contributed by atoms with Gasteiger partial charge in [-0.2, -0.15) is 5.10 Å². The lowest BCUT2D eigenvalue weighted by atomic mass is 10.0. The first kappa shape index (κ1) is 15.6. The second kappa shape index (κ2) is 6.44. The number of hydrogen-bond acceptors (Lipinski definition) is 4. The molecular formula is C16H17ClN4O2. The molecule has 1 saturated heterocycles. The molecule has 0 aliphatic carbocycles. The highest BCUT2D eigenvalue weighted by molar-refractivity contribution is 6.30. The van der Waals surface area contributed by atoms with Crippen LogP contribution in [-0.2, 0) is 9.53 Å². The molecule has 2 aromatic rings. The summed E-state index contributed by atoms with van der Waals surface area (Å²) in [6.07, 6.45) is 4.59. The van der Waals surface area contributed by atoms with Crippen LogP contribution in [0.4, 0.5) is 5.69 Å². The van der Waals surface area contributed by atoms with Gasteiger partial charge in [-0.05, 0) is 29.8 Å². The van der Waals surface area contributed by atoms with E-state index in [-0.39, 0.29) is 11.9 Å². The predicted molar refractivity (Wildman–Crippen MR) is 88.5 cm³/mol. The van der Waals surface area contributed by atoms with E-state index in [0.717, 1.165) is 11.3 Å². The fraction of sp³-hybridized carbons (Fsp3) is 0.250. The Bertz CT molecular complexity index is 743. The molecule has 0 spiro atoms. The quantitative estimate of drug-likeness (QED) is 0.874. The van der Waals surface area contributed by atoms with Gasteiger partial charge >= 0.3 is 0 Å². The number of nitrogen functional groups attached to an aromatic ring is 1.